The Morgan fingerprint density at radius 3 is 2.45 bits per heavy atom. The summed E-state index contributed by atoms with van der Waals surface area (Å²) in [4.78, 5) is 33.0. The minimum Gasteiger partial charge on any atom is -0.351 e. The van der Waals surface area contributed by atoms with Crippen LogP contribution >= 0.6 is 22.7 Å². The molecule has 2 amide bonds. The largest absolute Gasteiger partial charge is 0.351 e. The smallest absolute Gasteiger partial charge is 0.273 e. The van der Waals surface area contributed by atoms with Crippen molar-refractivity contribution in [3.63, 3.8) is 0 Å². The summed E-state index contributed by atoms with van der Waals surface area (Å²) < 4.78 is 0. The lowest BCUT2D eigenvalue weighted by Crippen LogP contribution is -2.31. The van der Waals surface area contributed by atoms with E-state index in [-0.39, 0.29) is 11.8 Å². The topological polar surface area (TPSA) is 75.2 Å². The number of carbonyl (C=O) groups excluding carboxylic acids is 2. The van der Waals surface area contributed by atoms with E-state index in [1.165, 1.54) is 22.7 Å². The van der Waals surface area contributed by atoms with E-state index in [0.29, 0.717) is 30.9 Å². The molecule has 8 heteroatoms. The summed E-state index contributed by atoms with van der Waals surface area (Å²) in [5.41, 5.74) is 4.15. The number of hydrogen-bond acceptors (Lipinski definition) is 6. The Balaban J connectivity index is 1.68. The van der Waals surface area contributed by atoms with Gasteiger partial charge in [0.1, 0.15) is 11.4 Å². The Kier molecular flexibility index (Phi) is 5.19. The van der Waals surface area contributed by atoms with E-state index in [2.05, 4.69) is 15.3 Å². The van der Waals surface area contributed by atoms with Gasteiger partial charge in [0.25, 0.3) is 11.8 Å². The number of amides is 2. The normalized spacial score (nSPS) is 10.2. The van der Waals surface area contributed by atoms with Crippen LogP contribution in [0.25, 0.3) is 0 Å². The predicted molar refractivity (Wildman–Crippen MR) is 78.1 cm³/mol. The van der Waals surface area contributed by atoms with Crippen molar-refractivity contribution in [1.29, 1.82) is 0 Å². The molecule has 106 valence electrons. The highest BCUT2D eigenvalue weighted by Crippen LogP contribution is 2.05. The summed E-state index contributed by atoms with van der Waals surface area (Å²) in [7, 11) is 1.73. The predicted octanol–water partition coefficient (Wildman–Crippen LogP) is 1.49. The maximum absolute atomic E-state index is 11.9. The summed E-state index contributed by atoms with van der Waals surface area (Å²) in [6.45, 7) is 1.07. The van der Waals surface area contributed by atoms with Crippen LogP contribution in [0.3, 0.4) is 0 Å². The van der Waals surface area contributed by atoms with Gasteiger partial charge in [0.2, 0.25) is 0 Å². The Bertz CT molecular complexity index is 554. The van der Waals surface area contributed by atoms with Crippen molar-refractivity contribution < 1.29 is 9.59 Å². The average molecular weight is 310 g/mol. The van der Waals surface area contributed by atoms with Crippen LogP contribution < -0.4 is 5.32 Å². The minimum absolute atomic E-state index is 0.0999. The van der Waals surface area contributed by atoms with Crippen molar-refractivity contribution in [2.75, 3.05) is 20.1 Å². The second-order valence-electron chi connectivity index (χ2n) is 4.08. The molecule has 0 unspecified atom stereocenters. The highest BCUT2D eigenvalue weighted by molar-refractivity contribution is 7.08. The van der Waals surface area contributed by atoms with E-state index in [1.807, 2.05) is 0 Å². The van der Waals surface area contributed by atoms with Crippen LogP contribution in [-0.2, 0) is 0 Å². The minimum atomic E-state index is -0.181. The lowest BCUT2D eigenvalue weighted by molar-refractivity contribution is 0.0788. The van der Waals surface area contributed by atoms with Crippen molar-refractivity contribution in [1.82, 2.24) is 20.2 Å². The quantitative estimate of drug-likeness (QED) is 0.820. The number of thiazole rings is 2. The molecule has 2 heterocycles. The maximum atomic E-state index is 11.9. The molecule has 0 saturated carbocycles. The van der Waals surface area contributed by atoms with Crippen molar-refractivity contribution in [2.45, 2.75) is 6.42 Å². The van der Waals surface area contributed by atoms with Gasteiger partial charge in [-0.3, -0.25) is 9.59 Å². The Hall–Kier alpha value is -1.80. The third kappa shape index (κ3) is 3.84. The molecular weight excluding hydrogens is 296 g/mol. The molecule has 0 bridgehead atoms. The first-order valence-corrected chi connectivity index (χ1v) is 7.87. The molecule has 0 aromatic carbocycles. The van der Waals surface area contributed by atoms with Crippen LogP contribution in [0, 0.1) is 0 Å². The van der Waals surface area contributed by atoms with Crippen LogP contribution in [0.5, 0.6) is 0 Å². The van der Waals surface area contributed by atoms with Gasteiger partial charge >= 0.3 is 0 Å². The Morgan fingerprint density at radius 2 is 1.85 bits per heavy atom. The SMILES string of the molecule is CN(CCCNC(=O)c1cscn1)C(=O)c1cscn1. The molecule has 0 aliphatic heterocycles. The second-order valence-corrected chi connectivity index (χ2v) is 5.52. The summed E-state index contributed by atoms with van der Waals surface area (Å²) in [5.74, 6) is -0.281. The molecule has 0 spiro atoms. The molecule has 6 nitrogen and oxygen atoms in total. The fraction of sp³-hybridized carbons (Fsp3) is 0.333. The zero-order valence-corrected chi connectivity index (χ0v) is 12.5. The van der Waals surface area contributed by atoms with Gasteiger partial charge in [-0.2, -0.15) is 0 Å². The molecule has 1 N–H and O–H groups in total. The number of rotatable bonds is 6. The Morgan fingerprint density at radius 1 is 1.20 bits per heavy atom. The van der Waals surface area contributed by atoms with E-state index in [1.54, 1.807) is 33.7 Å². The van der Waals surface area contributed by atoms with E-state index in [4.69, 9.17) is 0 Å². The van der Waals surface area contributed by atoms with Crippen molar-refractivity contribution in [2.24, 2.45) is 0 Å². The van der Waals surface area contributed by atoms with Crippen LogP contribution in [0.2, 0.25) is 0 Å². The number of nitrogens with zero attached hydrogens (tertiary/aromatic N) is 3. The van der Waals surface area contributed by atoms with Crippen LogP contribution in [0.4, 0.5) is 0 Å². The molecule has 0 fully saturated rings. The summed E-state index contributed by atoms with van der Waals surface area (Å²) >= 11 is 2.78. The third-order valence-electron chi connectivity index (χ3n) is 2.62. The first kappa shape index (κ1) is 14.6. The van der Waals surface area contributed by atoms with Gasteiger partial charge in [-0.05, 0) is 6.42 Å². The molecule has 0 aliphatic rings. The third-order valence-corrected chi connectivity index (χ3v) is 3.79. The van der Waals surface area contributed by atoms with Gasteiger partial charge in [-0.25, -0.2) is 9.97 Å². The number of nitrogens with one attached hydrogen (secondary N) is 1. The van der Waals surface area contributed by atoms with E-state index >= 15 is 0 Å². The van der Waals surface area contributed by atoms with Crippen LogP contribution in [0.1, 0.15) is 27.4 Å². The van der Waals surface area contributed by atoms with Gasteiger partial charge in [0.15, 0.2) is 0 Å². The zero-order chi connectivity index (χ0) is 14.4. The monoisotopic (exact) mass is 310 g/mol. The van der Waals surface area contributed by atoms with Crippen molar-refractivity contribution >= 4 is 34.5 Å². The first-order valence-electron chi connectivity index (χ1n) is 5.98. The van der Waals surface area contributed by atoms with Crippen LogP contribution in [-0.4, -0.2) is 46.8 Å². The highest BCUT2D eigenvalue weighted by Gasteiger charge is 2.13. The van der Waals surface area contributed by atoms with Gasteiger partial charge in [0.05, 0.1) is 11.0 Å². The highest BCUT2D eigenvalue weighted by atomic mass is 32.1. The molecule has 2 rings (SSSR count). The molecule has 20 heavy (non-hydrogen) atoms. The standard InChI is InChI=1S/C12H14N4O2S2/c1-16(12(18)10-6-20-8-15-10)4-2-3-13-11(17)9-5-19-7-14-9/h5-8H,2-4H2,1H3,(H,13,17). The maximum Gasteiger partial charge on any atom is 0.273 e. The molecule has 0 aliphatic carbocycles. The first-order chi connectivity index (χ1) is 9.68. The zero-order valence-electron chi connectivity index (χ0n) is 10.9. The van der Waals surface area contributed by atoms with Crippen LogP contribution in [0.15, 0.2) is 21.8 Å². The molecular formula is C12H14N4O2S2. The van der Waals surface area contributed by atoms with Gasteiger partial charge < -0.3 is 10.2 Å². The lowest BCUT2D eigenvalue weighted by atomic mass is 10.3. The van der Waals surface area contributed by atoms with Gasteiger partial charge in [-0.15, -0.1) is 22.7 Å². The van der Waals surface area contributed by atoms with E-state index in [9.17, 15) is 9.59 Å². The fourth-order valence-corrected chi connectivity index (χ4v) is 2.61. The van der Waals surface area contributed by atoms with Gasteiger partial charge in [0, 0.05) is 30.9 Å². The second kappa shape index (κ2) is 7.11. The average Bonchev–Trinajstić information content (AvgIpc) is 3.14. The molecule has 0 atom stereocenters. The number of hydrogen-bond donors (Lipinski definition) is 1. The summed E-state index contributed by atoms with van der Waals surface area (Å²) in [6.07, 6.45) is 0.683. The molecule has 2 aromatic heterocycles. The summed E-state index contributed by atoms with van der Waals surface area (Å²) in [6, 6.07) is 0. The molecule has 2 aromatic rings. The lowest BCUT2D eigenvalue weighted by Gasteiger charge is -2.15. The Labute approximate surface area is 124 Å². The molecule has 0 saturated heterocycles. The van der Waals surface area contributed by atoms with E-state index < -0.39 is 0 Å². The molecule has 0 radical (unpaired) electrons. The van der Waals surface area contributed by atoms with E-state index in [0.717, 1.165) is 0 Å². The number of carbonyl (C=O) groups is 2. The fourth-order valence-electron chi connectivity index (χ4n) is 1.55. The number of aromatic nitrogens is 2. The summed E-state index contributed by atoms with van der Waals surface area (Å²) in [5, 5.41) is 6.19. The van der Waals surface area contributed by atoms with Gasteiger partial charge in [-0.1, -0.05) is 0 Å². The van der Waals surface area contributed by atoms with Crippen molar-refractivity contribution in [3.05, 3.63) is 33.2 Å². The van der Waals surface area contributed by atoms with Crippen molar-refractivity contribution in [3.8, 4) is 0 Å².